The Labute approximate surface area is 236 Å². The molecule has 1 saturated heterocycles. The van der Waals surface area contributed by atoms with Crippen molar-refractivity contribution in [3.63, 3.8) is 0 Å². The lowest BCUT2D eigenvalue weighted by atomic mass is 9.75. The quantitative estimate of drug-likeness (QED) is 0.476. The van der Waals surface area contributed by atoms with E-state index in [4.69, 9.17) is 18.9 Å². The Bertz CT molecular complexity index is 1390. The summed E-state index contributed by atoms with van der Waals surface area (Å²) in [6.07, 6.45) is 2.28. The number of piperazine rings is 1. The van der Waals surface area contributed by atoms with Gasteiger partial charge in [-0.15, -0.1) is 0 Å². The van der Waals surface area contributed by atoms with Gasteiger partial charge in [0.15, 0.2) is 11.5 Å². The summed E-state index contributed by atoms with van der Waals surface area (Å²) < 4.78 is 23.5. The summed E-state index contributed by atoms with van der Waals surface area (Å²) in [5, 5.41) is 3.67. The van der Waals surface area contributed by atoms with Crippen LogP contribution in [0.2, 0.25) is 0 Å². The molecule has 7 nitrogen and oxygen atoms in total. The van der Waals surface area contributed by atoms with E-state index >= 15 is 0 Å². The van der Waals surface area contributed by atoms with Gasteiger partial charge in [-0.05, 0) is 70.5 Å². The van der Waals surface area contributed by atoms with Crippen molar-refractivity contribution >= 4 is 5.91 Å². The van der Waals surface area contributed by atoms with Gasteiger partial charge < -0.3 is 23.8 Å². The Morgan fingerprint density at radius 2 is 1.68 bits per heavy atom. The van der Waals surface area contributed by atoms with E-state index in [0.29, 0.717) is 37.7 Å². The third-order valence-electron chi connectivity index (χ3n) is 8.54. The highest BCUT2D eigenvalue weighted by atomic mass is 16.5. The minimum absolute atomic E-state index is 0.0137. The van der Waals surface area contributed by atoms with Crippen LogP contribution in [0.4, 0.5) is 0 Å². The maximum absolute atomic E-state index is 14.1. The standard InChI is InChI=1S/C31H32N2O5.C2H6/c1-35-28-14-20-11-24-31(34)33-25(30(32-24)23(20)15-29(28)36-2)12-21-13-27-19(8-9-38-27)10-22(21)26(33)17-37-16-18-6-4-3-5-7-18;1-2/h3-7,10,13-15,24-26,30,32H,8-9,11-12,16-17H2,1-2H3;1-2H3/t24-,25?,26?,30+;/m0./s1. The molecule has 0 radical (unpaired) electrons. The molecular formula is C33H38N2O5. The van der Waals surface area contributed by atoms with E-state index in [0.717, 1.165) is 29.7 Å². The number of rotatable bonds is 6. The monoisotopic (exact) mass is 542 g/mol. The molecule has 4 aliphatic rings. The van der Waals surface area contributed by atoms with Crippen LogP contribution in [0.3, 0.4) is 0 Å². The predicted octanol–water partition coefficient (Wildman–Crippen LogP) is 4.95. The van der Waals surface area contributed by atoms with Gasteiger partial charge in [0.05, 0.1) is 58.2 Å². The number of carbonyl (C=O) groups excluding carboxylic acids is 1. The van der Waals surface area contributed by atoms with E-state index in [2.05, 4.69) is 40.5 Å². The summed E-state index contributed by atoms with van der Waals surface area (Å²) in [5.74, 6) is 2.52. The van der Waals surface area contributed by atoms with Crippen molar-refractivity contribution in [1.29, 1.82) is 0 Å². The molecule has 2 bridgehead atoms. The largest absolute Gasteiger partial charge is 0.493 e. The normalized spacial score (nSPS) is 23.5. The molecule has 7 rings (SSSR count). The average Bonchev–Trinajstić information content (AvgIpc) is 3.46. The maximum Gasteiger partial charge on any atom is 0.240 e. The van der Waals surface area contributed by atoms with Crippen LogP contribution in [-0.2, 0) is 35.4 Å². The summed E-state index contributed by atoms with van der Waals surface area (Å²) in [7, 11) is 3.31. The van der Waals surface area contributed by atoms with Crippen LogP contribution in [-0.4, -0.2) is 50.3 Å². The molecule has 1 fully saturated rings. The van der Waals surface area contributed by atoms with Gasteiger partial charge in [-0.1, -0.05) is 44.2 Å². The number of hydrogen-bond donors (Lipinski definition) is 1. The molecule has 3 aromatic rings. The van der Waals surface area contributed by atoms with Crippen molar-refractivity contribution in [2.45, 2.75) is 63.9 Å². The fourth-order valence-electron chi connectivity index (χ4n) is 6.75. The molecule has 3 aromatic carbocycles. The zero-order valence-corrected chi connectivity index (χ0v) is 23.7. The van der Waals surface area contributed by atoms with Gasteiger partial charge in [0.1, 0.15) is 5.75 Å². The van der Waals surface area contributed by atoms with Crippen LogP contribution >= 0.6 is 0 Å². The average molecular weight is 543 g/mol. The van der Waals surface area contributed by atoms with Gasteiger partial charge in [0.2, 0.25) is 5.91 Å². The Morgan fingerprint density at radius 1 is 0.925 bits per heavy atom. The van der Waals surface area contributed by atoms with Crippen molar-refractivity contribution in [3.8, 4) is 17.2 Å². The van der Waals surface area contributed by atoms with E-state index in [-0.39, 0.29) is 30.1 Å². The fraction of sp³-hybridized carbons (Fsp3) is 0.424. The third kappa shape index (κ3) is 4.51. The Balaban J connectivity index is 0.00000142. The topological polar surface area (TPSA) is 69.3 Å². The van der Waals surface area contributed by atoms with Crippen molar-refractivity contribution in [1.82, 2.24) is 10.2 Å². The zero-order valence-electron chi connectivity index (χ0n) is 23.7. The summed E-state index contributed by atoms with van der Waals surface area (Å²) in [4.78, 5) is 16.2. The summed E-state index contributed by atoms with van der Waals surface area (Å²) >= 11 is 0. The van der Waals surface area contributed by atoms with Crippen LogP contribution in [0.25, 0.3) is 0 Å². The van der Waals surface area contributed by atoms with Gasteiger partial charge in [0, 0.05) is 6.42 Å². The molecular weight excluding hydrogens is 504 g/mol. The first kappa shape index (κ1) is 26.7. The van der Waals surface area contributed by atoms with E-state index < -0.39 is 0 Å². The molecule has 4 atom stereocenters. The molecule has 0 aromatic heterocycles. The number of nitrogens with one attached hydrogen (secondary N) is 1. The predicted molar refractivity (Wildman–Crippen MR) is 153 cm³/mol. The SMILES string of the molecule is CC.COc1cc2c(cc1OC)[C@H]1N[C@@H](C2)C(=O)N2C(COCc3ccccc3)c3cc4c(cc3CC12)OCC4. The lowest BCUT2D eigenvalue weighted by Gasteiger charge is -2.54. The number of amides is 1. The van der Waals surface area contributed by atoms with Crippen molar-refractivity contribution in [3.05, 3.63) is 88.0 Å². The molecule has 210 valence electrons. The molecule has 0 spiro atoms. The molecule has 4 heterocycles. The van der Waals surface area contributed by atoms with Gasteiger partial charge in [-0.25, -0.2) is 0 Å². The molecule has 1 amide bonds. The Hall–Kier alpha value is -3.55. The van der Waals surface area contributed by atoms with Gasteiger partial charge in [0.25, 0.3) is 0 Å². The van der Waals surface area contributed by atoms with Crippen LogP contribution < -0.4 is 19.5 Å². The number of hydrogen-bond acceptors (Lipinski definition) is 6. The second-order valence-corrected chi connectivity index (χ2v) is 10.6. The van der Waals surface area contributed by atoms with E-state index in [1.807, 2.05) is 38.1 Å². The first-order valence-electron chi connectivity index (χ1n) is 14.4. The van der Waals surface area contributed by atoms with E-state index in [1.54, 1.807) is 14.2 Å². The second kappa shape index (κ2) is 11.1. The fourth-order valence-corrected chi connectivity index (χ4v) is 6.75. The number of methoxy groups -OCH3 is 2. The van der Waals surface area contributed by atoms with Gasteiger partial charge >= 0.3 is 0 Å². The Morgan fingerprint density at radius 3 is 2.45 bits per heavy atom. The lowest BCUT2D eigenvalue weighted by Crippen LogP contribution is -2.66. The van der Waals surface area contributed by atoms with Crippen LogP contribution in [0, 0.1) is 0 Å². The van der Waals surface area contributed by atoms with Crippen molar-refractivity contribution in [2.24, 2.45) is 0 Å². The van der Waals surface area contributed by atoms with Gasteiger partial charge in [-0.2, -0.15) is 0 Å². The Kier molecular flexibility index (Phi) is 7.43. The maximum atomic E-state index is 14.1. The van der Waals surface area contributed by atoms with Crippen LogP contribution in [0.15, 0.2) is 54.6 Å². The molecule has 7 heteroatoms. The second-order valence-electron chi connectivity index (χ2n) is 10.6. The van der Waals surface area contributed by atoms with Crippen LogP contribution in [0.1, 0.15) is 59.3 Å². The number of carbonyl (C=O) groups is 1. The first-order valence-corrected chi connectivity index (χ1v) is 14.4. The summed E-state index contributed by atoms with van der Waals surface area (Å²) in [6.45, 7) is 5.67. The highest BCUT2D eigenvalue weighted by molar-refractivity contribution is 5.85. The number of nitrogens with zero attached hydrogens (tertiary/aromatic N) is 1. The van der Waals surface area contributed by atoms with E-state index in [9.17, 15) is 4.79 Å². The first-order chi connectivity index (χ1) is 19.6. The number of fused-ring (bicyclic) bond motifs is 8. The highest BCUT2D eigenvalue weighted by Gasteiger charge is 2.51. The smallest absolute Gasteiger partial charge is 0.240 e. The summed E-state index contributed by atoms with van der Waals surface area (Å²) in [6, 6.07) is 18.3. The zero-order chi connectivity index (χ0) is 27.8. The molecule has 2 unspecified atom stereocenters. The lowest BCUT2D eigenvalue weighted by molar-refractivity contribution is -0.148. The minimum atomic E-state index is -0.280. The third-order valence-corrected chi connectivity index (χ3v) is 8.54. The summed E-state index contributed by atoms with van der Waals surface area (Å²) in [5.41, 5.74) is 7.09. The van der Waals surface area contributed by atoms with Crippen molar-refractivity contribution in [2.75, 3.05) is 27.4 Å². The van der Waals surface area contributed by atoms with Crippen molar-refractivity contribution < 1.29 is 23.7 Å². The van der Waals surface area contributed by atoms with E-state index in [1.165, 1.54) is 22.3 Å². The van der Waals surface area contributed by atoms with Crippen LogP contribution in [0.5, 0.6) is 17.2 Å². The number of ether oxygens (including phenoxy) is 4. The molecule has 0 aliphatic carbocycles. The van der Waals surface area contributed by atoms with Gasteiger partial charge in [-0.3, -0.25) is 10.1 Å². The minimum Gasteiger partial charge on any atom is -0.493 e. The molecule has 1 N–H and O–H groups in total. The molecule has 0 saturated carbocycles. The molecule has 4 aliphatic heterocycles. The highest BCUT2D eigenvalue weighted by Crippen LogP contribution is 2.47. The number of benzene rings is 3. The molecule has 40 heavy (non-hydrogen) atoms.